The highest BCUT2D eigenvalue weighted by molar-refractivity contribution is 5.28. The highest BCUT2D eigenvalue weighted by Gasteiger charge is 2.17. The summed E-state index contributed by atoms with van der Waals surface area (Å²) in [6.45, 7) is 7.79. The lowest BCUT2D eigenvalue weighted by Crippen LogP contribution is -2.41. The van der Waals surface area contributed by atoms with Gasteiger partial charge in [-0.25, -0.2) is 0 Å². The molecule has 3 heteroatoms. The quantitative estimate of drug-likeness (QED) is 0.765. The Morgan fingerprint density at radius 1 is 1.15 bits per heavy atom. The number of benzene rings is 1. The lowest BCUT2D eigenvalue weighted by atomic mass is 9.99. The number of nitrogens with zero attached hydrogens (tertiary/aromatic N) is 1. The van der Waals surface area contributed by atoms with Crippen molar-refractivity contribution < 1.29 is 5.11 Å². The average molecular weight is 278 g/mol. The summed E-state index contributed by atoms with van der Waals surface area (Å²) in [5, 5.41) is 13.2. The minimum Gasteiger partial charge on any atom is -0.508 e. The van der Waals surface area contributed by atoms with Crippen LogP contribution >= 0.6 is 0 Å². The molecule has 0 saturated heterocycles. The summed E-state index contributed by atoms with van der Waals surface area (Å²) < 4.78 is 0. The van der Waals surface area contributed by atoms with Crippen LogP contribution < -0.4 is 5.32 Å². The molecule has 2 N–H and O–H groups in total. The third-order valence-corrected chi connectivity index (χ3v) is 3.48. The number of phenolic OH excluding ortho intramolecular Hbond substituents is 1. The number of nitrogens with one attached hydrogen (secondary N) is 1. The highest BCUT2D eigenvalue weighted by atomic mass is 16.3. The molecule has 2 unspecified atom stereocenters. The van der Waals surface area contributed by atoms with E-state index in [2.05, 4.69) is 45.1 Å². The molecule has 0 aromatic heterocycles. The second-order valence-electron chi connectivity index (χ2n) is 6.31. The first-order chi connectivity index (χ1) is 9.42. The topological polar surface area (TPSA) is 35.5 Å². The van der Waals surface area contributed by atoms with Gasteiger partial charge in [0.05, 0.1) is 0 Å². The summed E-state index contributed by atoms with van der Waals surface area (Å²) >= 11 is 0. The summed E-state index contributed by atoms with van der Waals surface area (Å²) in [7, 11) is 4.24. The largest absolute Gasteiger partial charge is 0.508 e. The zero-order valence-electron chi connectivity index (χ0n) is 13.6. The molecule has 0 amide bonds. The summed E-state index contributed by atoms with van der Waals surface area (Å²) in [5.41, 5.74) is 1.25. The van der Waals surface area contributed by atoms with E-state index in [1.165, 1.54) is 12.0 Å². The van der Waals surface area contributed by atoms with Crippen molar-refractivity contribution in [3.63, 3.8) is 0 Å². The Kier molecular flexibility index (Phi) is 7.03. The smallest absolute Gasteiger partial charge is 0.115 e. The first kappa shape index (κ1) is 17.0. The van der Waals surface area contributed by atoms with Crippen molar-refractivity contribution in [3.05, 3.63) is 29.8 Å². The van der Waals surface area contributed by atoms with Crippen molar-refractivity contribution in [2.45, 2.75) is 45.7 Å². The van der Waals surface area contributed by atoms with Crippen LogP contribution in [0.4, 0.5) is 0 Å². The van der Waals surface area contributed by atoms with Crippen molar-refractivity contribution in [1.29, 1.82) is 0 Å². The Hall–Kier alpha value is -1.06. The SMILES string of the molecule is CCC(NC(CC(C)C)CN(C)C)c1ccc(O)cc1. The minimum absolute atomic E-state index is 0.329. The van der Waals surface area contributed by atoms with E-state index < -0.39 is 0 Å². The predicted molar refractivity (Wildman–Crippen MR) is 86.1 cm³/mol. The van der Waals surface area contributed by atoms with Gasteiger partial charge in [-0.2, -0.15) is 0 Å². The van der Waals surface area contributed by atoms with Crippen molar-refractivity contribution in [3.8, 4) is 5.75 Å². The first-order valence-corrected chi connectivity index (χ1v) is 7.62. The Bertz CT molecular complexity index is 363. The van der Waals surface area contributed by atoms with Crippen molar-refractivity contribution in [2.75, 3.05) is 20.6 Å². The monoisotopic (exact) mass is 278 g/mol. The van der Waals surface area contributed by atoms with Crippen LogP contribution in [0, 0.1) is 5.92 Å². The van der Waals surface area contributed by atoms with Crippen LogP contribution in [0.5, 0.6) is 5.75 Å². The number of rotatable bonds is 8. The molecule has 0 radical (unpaired) electrons. The molecule has 1 aromatic carbocycles. The van der Waals surface area contributed by atoms with Crippen molar-refractivity contribution >= 4 is 0 Å². The Morgan fingerprint density at radius 3 is 2.20 bits per heavy atom. The molecule has 0 aliphatic heterocycles. The number of hydrogen-bond acceptors (Lipinski definition) is 3. The number of aromatic hydroxyl groups is 1. The number of hydrogen-bond donors (Lipinski definition) is 2. The highest BCUT2D eigenvalue weighted by Crippen LogP contribution is 2.21. The zero-order valence-corrected chi connectivity index (χ0v) is 13.6. The van der Waals surface area contributed by atoms with Gasteiger partial charge in [0.25, 0.3) is 0 Å². The molecule has 3 nitrogen and oxygen atoms in total. The maximum Gasteiger partial charge on any atom is 0.115 e. The molecule has 0 bridgehead atoms. The zero-order chi connectivity index (χ0) is 15.1. The molecule has 1 rings (SSSR count). The third-order valence-electron chi connectivity index (χ3n) is 3.48. The fourth-order valence-electron chi connectivity index (χ4n) is 2.65. The van der Waals surface area contributed by atoms with Gasteiger partial charge in [-0.3, -0.25) is 0 Å². The van der Waals surface area contributed by atoms with Crippen LogP contribution in [0.3, 0.4) is 0 Å². The van der Waals surface area contributed by atoms with Gasteiger partial charge in [-0.1, -0.05) is 32.9 Å². The Morgan fingerprint density at radius 2 is 1.75 bits per heavy atom. The van der Waals surface area contributed by atoms with Crippen LogP contribution in [0.25, 0.3) is 0 Å². The summed E-state index contributed by atoms with van der Waals surface area (Å²) in [5.74, 6) is 1.01. The molecule has 0 heterocycles. The average Bonchev–Trinajstić information content (AvgIpc) is 2.35. The van der Waals surface area contributed by atoms with Crippen LogP contribution in [-0.4, -0.2) is 36.7 Å². The summed E-state index contributed by atoms with van der Waals surface area (Å²) in [6.07, 6.45) is 2.22. The van der Waals surface area contributed by atoms with Gasteiger partial charge in [0.1, 0.15) is 5.75 Å². The normalized spacial score (nSPS) is 14.8. The van der Waals surface area contributed by atoms with E-state index >= 15 is 0 Å². The van der Waals surface area contributed by atoms with Crippen molar-refractivity contribution in [1.82, 2.24) is 10.2 Å². The molecule has 1 aromatic rings. The summed E-state index contributed by atoms with van der Waals surface area (Å²) in [6, 6.07) is 8.40. The molecule has 114 valence electrons. The van der Waals surface area contributed by atoms with Crippen molar-refractivity contribution in [2.24, 2.45) is 5.92 Å². The Balaban J connectivity index is 2.74. The molecule has 0 spiro atoms. The predicted octanol–water partition coefficient (Wildman–Crippen LogP) is 3.41. The minimum atomic E-state index is 0.329. The molecular weight excluding hydrogens is 248 g/mol. The molecular formula is C17H30N2O. The van der Waals surface area contributed by atoms with E-state index in [9.17, 15) is 5.11 Å². The van der Waals surface area contributed by atoms with E-state index in [1.54, 1.807) is 12.1 Å². The lowest BCUT2D eigenvalue weighted by Gasteiger charge is -2.29. The molecule has 0 aliphatic carbocycles. The molecule has 0 saturated carbocycles. The van der Waals surface area contributed by atoms with Gasteiger partial charge in [-0.05, 0) is 50.6 Å². The van der Waals surface area contributed by atoms with Gasteiger partial charge >= 0.3 is 0 Å². The fourth-order valence-corrected chi connectivity index (χ4v) is 2.65. The fraction of sp³-hybridized carbons (Fsp3) is 0.647. The van der Waals surface area contributed by atoms with E-state index in [0.29, 0.717) is 23.8 Å². The number of likely N-dealkylation sites (N-methyl/N-ethyl adjacent to an activating group) is 1. The van der Waals surface area contributed by atoms with Gasteiger partial charge in [0.2, 0.25) is 0 Å². The van der Waals surface area contributed by atoms with Gasteiger partial charge < -0.3 is 15.3 Å². The van der Waals surface area contributed by atoms with Gasteiger partial charge in [0.15, 0.2) is 0 Å². The van der Waals surface area contributed by atoms with Crippen LogP contribution in [0.15, 0.2) is 24.3 Å². The lowest BCUT2D eigenvalue weighted by molar-refractivity contribution is 0.284. The summed E-state index contributed by atoms with van der Waals surface area (Å²) in [4.78, 5) is 2.24. The second kappa shape index (κ2) is 8.28. The molecule has 0 aliphatic rings. The Labute approximate surface area is 124 Å². The maximum atomic E-state index is 9.40. The van der Waals surface area contributed by atoms with E-state index in [1.807, 2.05) is 12.1 Å². The van der Waals surface area contributed by atoms with Crippen LogP contribution in [0.1, 0.15) is 45.2 Å². The maximum absolute atomic E-state index is 9.40. The third kappa shape index (κ3) is 5.93. The number of phenols is 1. The van der Waals surface area contributed by atoms with E-state index in [4.69, 9.17) is 0 Å². The van der Waals surface area contributed by atoms with E-state index in [-0.39, 0.29) is 0 Å². The van der Waals surface area contributed by atoms with Crippen LogP contribution in [0.2, 0.25) is 0 Å². The standard InChI is InChI=1S/C17H30N2O/c1-6-17(14-7-9-16(20)10-8-14)18-15(11-13(2)3)12-19(4)5/h7-10,13,15,17-18,20H,6,11-12H2,1-5H3. The molecule has 2 atom stereocenters. The van der Waals surface area contributed by atoms with Gasteiger partial charge in [0, 0.05) is 18.6 Å². The van der Waals surface area contributed by atoms with Crippen LogP contribution in [-0.2, 0) is 0 Å². The molecule has 0 fully saturated rings. The second-order valence-corrected chi connectivity index (χ2v) is 6.31. The van der Waals surface area contributed by atoms with Gasteiger partial charge in [-0.15, -0.1) is 0 Å². The molecule has 20 heavy (non-hydrogen) atoms. The van der Waals surface area contributed by atoms with E-state index in [0.717, 1.165) is 13.0 Å². The first-order valence-electron chi connectivity index (χ1n) is 7.62.